The molecular formula is C22H15FN4O2. The van der Waals surface area contributed by atoms with Gasteiger partial charge in [0, 0.05) is 18.8 Å². The van der Waals surface area contributed by atoms with Crippen LogP contribution in [0.1, 0.15) is 26.3 Å². The Bertz CT molecular complexity index is 1280. The van der Waals surface area contributed by atoms with Crippen LogP contribution in [-0.2, 0) is 6.54 Å². The third-order valence-electron chi connectivity index (χ3n) is 5.11. The molecule has 2 aromatic carbocycles. The molecule has 3 heterocycles. The van der Waals surface area contributed by atoms with E-state index in [0.717, 1.165) is 10.5 Å². The summed E-state index contributed by atoms with van der Waals surface area (Å²) in [4.78, 5) is 30.8. The highest BCUT2D eigenvalue weighted by atomic mass is 19.1. The van der Waals surface area contributed by atoms with E-state index >= 15 is 0 Å². The molecule has 5 rings (SSSR count). The van der Waals surface area contributed by atoms with Crippen LogP contribution >= 0.6 is 0 Å². The molecule has 142 valence electrons. The molecule has 1 aliphatic rings. The largest absolute Gasteiger partial charge is 0.277 e. The van der Waals surface area contributed by atoms with Gasteiger partial charge in [0.15, 0.2) is 5.65 Å². The van der Waals surface area contributed by atoms with Crippen molar-refractivity contribution in [1.82, 2.24) is 19.7 Å². The molecule has 0 saturated carbocycles. The zero-order valence-electron chi connectivity index (χ0n) is 15.5. The summed E-state index contributed by atoms with van der Waals surface area (Å²) in [6.07, 6.45) is 1.43. The van der Waals surface area contributed by atoms with Crippen LogP contribution in [0.5, 0.6) is 0 Å². The first-order chi connectivity index (χ1) is 14.0. The normalized spacial score (nSPS) is 13.4. The van der Waals surface area contributed by atoms with Crippen LogP contribution < -0.4 is 0 Å². The second-order valence-electron chi connectivity index (χ2n) is 6.91. The van der Waals surface area contributed by atoms with Gasteiger partial charge in [-0.3, -0.25) is 14.5 Å². The molecular weight excluding hydrogens is 371 g/mol. The summed E-state index contributed by atoms with van der Waals surface area (Å²) < 4.78 is 15.2. The lowest BCUT2D eigenvalue weighted by molar-refractivity contribution is 0.0693. The second-order valence-corrected chi connectivity index (χ2v) is 6.91. The predicted molar refractivity (Wildman–Crippen MR) is 105 cm³/mol. The number of hydrogen-bond donors (Lipinski definition) is 0. The molecule has 6 nitrogen and oxygen atoms in total. The maximum atomic E-state index is 13.4. The number of benzene rings is 2. The van der Waals surface area contributed by atoms with Crippen molar-refractivity contribution in [2.45, 2.75) is 6.54 Å². The van der Waals surface area contributed by atoms with Gasteiger partial charge in [-0.25, -0.2) is 14.1 Å². The zero-order valence-corrected chi connectivity index (χ0v) is 15.5. The van der Waals surface area contributed by atoms with E-state index in [1.54, 1.807) is 16.8 Å². The van der Waals surface area contributed by atoms with Gasteiger partial charge >= 0.3 is 0 Å². The summed E-state index contributed by atoms with van der Waals surface area (Å²) in [6, 6.07) is 15.6. The Morgan fingerprint density at radius 3 is 2.41 bits per heavy atom. The summed E-state index contributed by atoms with van der Waals surface area (Å²) in [7, 11) is 1.45. The fourth-order valence-corrected chi connectivity index (χ4v) is 3.64. The van der Waals surface area contributed by atoms with Crippen LogP contribution in [0.4, 0.5) is 4.39 Å². The molecule has 2 aromatic heterocycles. The predicted octanol–water partition coefficient (Wildman–Crippen LogP) is 3.51. The number of carbonyl (C=O) groups is 2. The van der Waals surface area contributed by atoms with Crippen molar-refractivity contribution in [3.05, 3.63) is 83.3 Å². The van der Waals surface area contributed by atoms with E-state index in [-0.39, 0.29) is 23.2 Å². The molecule has 0 spiro atoms. The lowest BCUT2D eigenvalue weighted by Crippen LogP contribution is -2.24. The van der Waals surface area contributed by atoms with Crippen LogP contribution in [-0.4, -0.2) is 38.5 Å². The quantitative estimate of drug-likeness (QED) is 0.506. The van der Waals surface area contributed by atoms with Gasteiger partial charge in [0.25, 0.3) is 11.8 Å². The molecule has 0 saturated heterocycles. The fraction of sp³-hybridized carbons (Fsp3) is 0.0909. The molecule has 0 bridgehead atoms. The van der Waals surface area contributed by atoms with Crippen LogP contribution in [0.2, 0.25) is 0 Å². The Labute approximate surface area is 165 Å². The summed E-state index contributed by atoms with van der Waals surface area (Å²) in [5, 5.41) is 5.20. The van der Waals surface area contributed by atoms with Crippen molar-refractivity contribution in [3.8, 4) is 11.3 Å². The minimum atomic E-state index is -0.389. The first kappa shape index (κ1) is 17.2. The van der Waals surface area contributed by atoms with Crippen LogP contribution in [0.15, 0.2) is 60.8 Å². The summed E-state index contributed by atoms with van der Waals surface area (Å²) in [5.41, 5.74) is 3.21. The Balaban J connectivity index is 1.79. The van der Waals surface area contributed by atoms with Crippen molar-refractivity contribution >= 4 is 22.8 Å². The maximum absolute atomic E-state index is 13.4. The number of imide groups is 1. The lowest BCUT2D eigenvalue weighted by Gasteiger charge is -2.04. The highest BCUT2D eigenvalue weighted by Gasteiger charge is 2.37. The molecule has 29 heavy (non-hydrogen) atoms. The van der Waals surface area contributed by atoms with E-state index in [4.69, 9.17) is 5.10 Å². The van der Waals surface area contributed by atoms with Crippen molar-refractivity contribution in [1.29, 1.82) is 0 Å². The molecule has 0 radical (unpaired) electrons. The van der Waals surface area contributed by atoms with E-state index in [2.05, 4.69) is 4.98 Å². The molecule has 0 N–H and O–H groups in total. The van der Waals surface area contributed by atoms with Crippen molar-refractivity contribution < 1.29 is 14.0 Å². The number of nitrogens with zero attached hydrogens (tertiary/aromatic N) is 4. The Morgan fingerprint density at radius 2 is 1.69 bits per heavy atom. The number of pyridine rings is 1. The van der Waals surface area contributed by atoms with E-state index in [1.165, 1.54) is 25.4 Å². The zero-order chi connectivity index (χ0) is 20.1. The Kier molecular flexibility index (Phi) is 3.77. The highest BCUT2D eigenvalue weighted by Crippen LogP contribution is 2.35. The van der Waals surface area contributed by atoms with Gasteiger partial charge < -0.3 is 0 Å². The van der Waals surface area contributed by atoms with Gasteiger partial charge in [0.05, 0.1) is 23.1 Å². The minimum Gasteiger partial charge on any atom is -0.277 e. The molecule has 4 aromatic rings. The number of hydrogen-bond acceptors (Lipinski definition) is 4. The smallest absolute Gasteiger partial charge is 0.262 e. The molecule has 7 heteroatoms. The second kappa shape index (κ2) is 6.34. The average molecular weight is 386 g/mol. The summed E-state index contributed by atoms with van der Waals surface area (Å²) in [5.74, 6) is -1.14. The van der Waals surface area contributed by atoms with E-state index in [1.807, 2.05) is 30.3 Å². The van der Waals surface area contributed by atoms with Crippen molar-refractivity contribution in [2.75, 3.05) is 7.05 Å². The van der Waals surface area contributed by atoms with Crippen LogP contribution in [0, 0.1) is 5.82 Å². The molecule has 1 aliphatic heterocycles. The van der Waals surface area contributed by atoms with Gasteiger partial charge in [-0.05, 0) is 29.8 Å². The van der Waals surface area contributed by atoms with E-state index in [0.29, 0.717) is 34.4 Å². The lowest BCUT2D eigenvalue weighted by atomic mass is 10.0. The third-order valence-corrected chi connectivity index (χ3v) is 5.11. The fourth-order valence-electron chi connectivity index (χ4n) is 3.64. The average Bonchev–Trinajstić information content (AvgIpc) is 3.20. The summed E-state index contributed by atoms with van der Waals surface area (Å²) >= 11 is 0. The third kappa shape index (κ3) is 2.62. The minimum absolute atomic E-state index is 0.257. The number of halogens is 1. The van der Waals surface area contributed by atoms with Crippen molar-refractivity contribution in [3.63, 3.8) is 0 Å². The first-order valence-corrected chi connectivity index (χ1v) is 9.06. The molecule has 0 fully saturated rings. The number of carbonyl (C=O) groups excluding carboxylic acids is 2. The number of rotatable bonds is 3. The number of aromatic nitrogens is 3. The molecule has 0 aliphatic carbocycles. The van der Waals surface area contributed by atoms with Crippen LogP contribution in [0.3, 0.4) is 0 Å². The van der Waals surface area contributed by atoms with Gasteiger partial charge in [-0.15, -0.1) is 0 Å². The highest BCUT2D eigenvalue weighted by molar-refractivity contribution is 6.27. The molecule has 0 unspecified atom stereocenters. The van der Waals surface area contributed by atoms with Gasteiger partial charge in [0.1, 0.15) is 11.5 Å². The van der Waals surface area contributed by atoms with Gasteiger partial charge in [-0.2, -0.15) is 5.10 Å². The van der Waals surface area contributed by atoms with Crippen LogP contribution in [0.25, 0.3) is 22.3 Å². The Hall–Kier alpha value is -3.87. The maximum Gasteiger partial charge on any atom is 0.262 e. The monoisotopic (exact) mass is 386 g/mol. The number of fused-ring (bicyclic) bond motifs is 3. The summed E-state index contributed by atoms with van der Waals surface area (Å²) in [6.45, 7) is 0.447. The molecule has 2 amide bonds. The number of amides is 2. The molecule has 0 atom stereocenters. The van der Waals surface area contributed by atoms with E-state index < -0.39 is 0 Å². The van der Waals surface area contributed by atoms with Crippen molar-refractivity contribution in [2.24, 2.45) is 0 Å². The Morgan fingerprint density at radius 1 is 0.966 bits per heavy atom. The topological polar surface area (TPSA) is 68.1 Å². The van der Waals surface area contributed by atoms with E-state index in [9.17, 15) is 14.0 Å². The van der Waals surface area contributed by atoms with Gasteiger partial charge in [0.2, 0.25) is 0 Å². The standard InChI is InChI=1S/C22H15FN4O2/c1-26-21(28)16-11-24-20-18(17(16)22(26)29)19(14-7-9-15(23)10-8-14)25-27(20)12-13-5-3-2-4-6-13/h2-11H,12H2,1H3. The first-order valence-electron chi connectivity index (χ1n) is 9.06. The SMILES string of the molecule is CN1C(=O)c2cnc3c(c(-c4ccc(F)cc4)nn3Cc3ccccc3)c2C1=O. The van der Waals surface area contributed by atoms with Gasteiger partial charge in [-0.1, -0.05) is 30.3 Å².